The molecule has 0 aromatic heterocycles. The second-order valence-corrected chi connectivity index (χ2v) is 4.32. The third-order valence-corrected chi connectivity index (χ3v) is 2.94. The maximum absolute atomic E-state index is 11.0. The van der Waals surface area contributed by atoms with Crippen LogP contribution in [0.5, 0.6) is 11.5 Å². The summed E-state index contributed by atoms with van der Waals surface area (Å²) in [5, 5.41) is 8.92. The molecule has 2 aromatic carbocycles. The number of carbonyl (C=O) groups is 1. The number of primary amides is 1. The summed E-state index contributed by atoms with van der Waals surface area (Å²) in [5.41, 5.74) is 6.91. The van der Waals surface area contributed by atoms with Gasteiger partial charge in [0, 0.05) is 11.1 Å². The van der Waals surface area contributed by atoms with Crippen molar-refractivity contribution in [1.82, 2.24) is 0 Å². The molecule has 106 valence electrons. The van der Waals surface area contributed by atoms with Gasteiger partial charge >= 0.3 is 0 Å². The zero-order valence-electron chi connectivity index (χ0n) is 11.5. The standard InChI is InChI=1S/C16H14N2O3/c1-20-15-7-2-11(9-17)8-13(15)10-21-14-5-3-12(4-6-14)16(18)19/h2-8H,10H2,1H3,(H2,18,19). The average molecular weight is 282 g/mol. The lowest BCUT2D eigenvalue weighted by molar-refractivity contribution is 0.100. The maximum Gasteiger partial charge on any atom is 0.248 e. The van der Waals surface area contributed by atoms with E-state index in [1.165, 1.54) is 0 Å². The molecule has 21 heavy (non-hydrogen) atoms. The normalized spacial score (nSPS) is 9.71. The molecule has 0 aliphatic heterocycles. The van der Waals surface area contributed by atoms with Crippen molar-refractivity contribution in [2.75, 3.05) is 7.11 Å². The SMILES string of the molecule is COc1ccc(C#N)cc1COc1ccc(C(N)=O)cc1. The molecule has 5 nitrogen and oxygen atoms in total. The van der Waals surface area contributed by atoms with E-state index in [1.54, 1.807) is 49.6 Å². The van der Waals surface area contributed by atoms with Crippen LogP contribution in [0.1, 0.15) is 21.5 Å². The van der Waals surface area contributed by atoms with Gasteiger partial charge in [0.25, 0.3) is 0 Å². The second-order valence-electron chi connectivity index (χ2n) is 4.32. The number of methoxy groups -OCH3 is 1. The monoisotopic (exact) mass is 282 g/mol. The van der Waals surface area contributed by atoms with E-state index in [9.17, 15) is 4.79 Å². The molecule has 0 unspecified atom stereocenters. The summed E-state index contributed by atoms with van der Waals surface area (Å²) in [6, 6.07) is 13.7. The number of ether oxygens (including phenoxy) is 2. The van der Waals surface area contributed by atoms with Gasteiger partial charge in [0.05, 0.1) is 18.7 Å². The van der Waals surface area contributed by atoms with Crippen molar-refractivity contribution in [3.8, 4) is 17.6 Å². The van der Waals surface area contributed by atoms with Crippen LogP contribution in [0.4, 0.5) is 0 Å². The van der Waals surface area contributed by atoms with Gasteiger partial charge in [-0.25, -0.2) is 0 Å². The highest BCUT2D eigenvalue weighted by Crippen LogP contribution is 2.22. The van der Waals surface area contributed by atoms with Gasteiger partial charge in [-0.3, -0.25) is 4.79 Å². The number of nitriles is 1. The summed E-state index contributed by atoms with van der Waals surface area (Å²) in [6.45, 7) is 0.259. The Morgan fingerprint density at radius 3 is 2.52 bits per heavy atom. The highest BCUT2D eigenvalue weighted by molar-refractivity contribution is 5.92. The fraction of sp³-hybridized carbons (Fsp3) is 0.125. The molecule has 0 spiro atoms. The molecule has 1 amide bonds. The molecule has 0 aliphatic carbocycles. The van der Waals surface area contributed by atoms with Crippen LogP contribution in [-0.4, -0.2) is 13.0 Å². The van der Waals surface area contributed by atoms with Gasteiger partial charge in [0.2, 0.25) is 5.91 Å². The molecular formula is C16H14N2O3. The van der Waals surface area contributed by atoms with Gasteiger partial charge in [0.15, 0.2) is 0 Å². The number of hydrogen-bond acceptors (Lipinski definition) is 4. The maximum atomic E-state index is 11.0. The largest absolute Gasteiger partial charge is 0.496 e. The molecule has 0 saturated carbocycles. The summed E-state index contributed by atoms with van der Waals surface area (Å²) >= 11 is 0. The first-order chi connectivity index (χ1) is 10.1. The topological polar surface area (TPSA) is 85.3 Å². The lowest BCUT2D eigenvalue weighted by Gasteiger charge is -2.10. The zero-order valence-corrected chi connectivity index (χ0v) is 11.5. The van der Waals surface area contributed by atoms with Gasteiger partial charge in [-0.15, -0.1) is 0 Å². The molecule has 2 N–H and O–H groups in total. The first kappa shape index (κ1) is 14.4. The van der Waals surface area contributed by atoms with Crippen molar-refractivity contribution in [3.05, 3.63) is 59.2 Å². The van der Waals surface area contributed by atoms with Gasteiger partial charge in [-0.2, -0.15) is 5.26 Å². The number of rotatable bonds is 5. The predicted octanol–water partition coefficient (Wildman–Crippen LogP) is 2.24. The van der Waals surface area contributed by atoms with Crippen molar-refractivity contribution < 1.29 is 14.3 Å². The van der Waals surface area contributed by atoms with Crippen molar-refractivity contribution in [2.24, 2.45) is 5.73 Å². The molecule has 0 saturated heterocycles. The van der Waals surface area contributed by atoms with E-state index in [-0.39, 0.29) is 6.61 Å². The molecule has 0 aliphatic rings. The van der Waals surface area contributed by atoms with Crippen LogP contribution < -0.4 is 15.2 Å². The molecule has 2 rings (SSSR count). The lowest BCUT2D eigenvalue weighted by Crippen LogP contribution is -2.10. The van der Waals surface area contributed by atoms with Crippen LogP contribution in [0.15, 0.2) is 42.5 Å². The predicted molar refractivity (Wildman–Crippen MR) is 77.0 cm³/mol. The Labute approximate surface area is 122 Å². The van der Waals surface area contributed by atoms with E-state index in [1.807, 2.05) is 0 Å². The summed E-state index contributed by atoms with van der Waals surface area (Å²) in [4.78, 5) is 11.0. The summed E-state index contributed by atoms with van der Waals surface area (Å²) in [7, 11) is 1.56. The Balaban J connectivity index is 2.12. The van der Waals surface area contributed by atoms with Crippen LogP contribution in [0.3, 0.4) is 0 Å². The van der Waals surface area contributed by atoms with E-state index in [2.05, 4.69) is 6.07 Å². The third kappa shape index (κ3) is 3.51. The average Bonchev–Trinajstić information content (AvgIpc) is 2.52. The molecule has 0 atom stereocenters. The molecule has 0 radical (unpaired) electrons. The minimum absolute atomic E-state index is 0.259. The molecule has 0 bridgehead atoms. The van der Waals surface area contributed by atoms with E-state index in [4.69, 9.17) is 20.5 Å². The first-order valence-electron chi connectivity index (χ1n) is 6.23. The smallest absolute Gasteiger partial charge is 0.248 e. The van der Waals surface area contributed by atoms with Crippen molar-refractivity contribution in [1.29, 1.82) is 5.26 Å². The molecule has 2 aromatic rings. The number of benzene rings is 2. The van der Waals surface area contributed by atoms with E-state index in [0.717, 1.165) is 5.56 Å². The van der Waals surface area contributed by atoms with Gasteiger partial charge in [-0.05, 0) is 42.5 Å². The Morgan fingerprint density at radius 1 is 1.24 bits per heavy atom. The highest BCUT2D eigenvalue weighted by Gasteiger charge is 2.06. The Morgan fingerprint density at radius 2 is 1.95 bits per heavy atom. The number of nitrogens with zero attached hydrogens (tertiary/aromatic N) is 1. The van der Waals surface area contributed by atoms with Gasteiger partial charge < -0.3 is 15.2 Å². The van der Waals surface area contributed by atoms with Gasteiger partial charge in [-0.1, -0.05) is 0 Å². The quantitative estimate of drug-likeness (QED) is 0.911. The summed E-state index contributed by atoms with van der Waals surface area (Å²) in [6.07, 6.45) is 0. The fourth-order valence-corrected chi connectivity index (χ4v) is 1.84. The van der Waals surface area contributed by atoms with Crippen molar-refractivity contribution in [3.63, 3.8) is 0 Å². The van der Waals surface area contributed by atoms with E-state index >= 15 is 0 Å². The molecule has 5 heteroatoms. The van der Waals surface area contributed by atoms with Crippen molar-refractivity contribution in [2.45, 2.75) is 6.61 Å². The summed E-state index contributed by atoms with van der Waals surface area (Å²) in [5.74, 6) is 0.775. The molecule has 0 heterocycles. The Hall–Kier alpha value is -3.00. The first-order valence-corrected chi connectivity index (χ1v) is 6.23. The van der Waals surface area contributed by atoms with Crippen LogP contribution >= 0.6 is 0 Å². The number of nitrogens with two attached hydrogens (primary N) is 1. The lowest BCUT2D eigenvalue weighted by atomic mass is 10.1. The fourth-order valence-electron chi connectivity index (χ4n) is 1.84. The highest BCUT2D eigenvalue weighted by atomic mass is 16.5. The third-order valence-electron chi connectivity index (χ3n) is 2.94. The molecule has 0 fully saturated rings. The van der Waals surface area contributed by atoms with Crippen LogP contribution in [0.25, 0.3) is 0 Å². The van der Waals surface area contributed by atoms with Crippen LogP contribution in [0.2, 0.25) is 0 Å². The second kappa shape index (κ2) is 6.44. The number of carbonyl (C=O) groups excluding carboxylic acids is 1. The van der Waals surface area contributed by atoms with Crippen LogP contribution in [-0.2, 0) is 6.61 Å². The Bertz CT molecular complexity index is 688. The van der Waals surface area contributed by atoms with E-state index in [0.29, 0.717) is 22.6 Å². The summed E-state index contributed by atoms with van der Waals surface area (Å²) < 4.78 is 10.9. The molecular weight excluding hydrogens is 268 g/mol. The number of hydrogen-bond donors (Lipinski definition) is 1. The zero-order chi connectivity index (χ0) is 15.2. The van der Waals surface area contributed by atoms with E-state index < -0.39 is 5.91 Å². The van der Waals surface area contributed by atoms with Crippen molar-refractivity contribution >= 4 is 5.91 Å². The minimum atomic E-state index is -0.482. The number of amides is 1. The minimum Gasteiger partial charge on any atom is -0.496 e. The van der Waals surface area contributed by atoms with Gasteiger partial charge in [0.1, 0.15) is 18.1 Å². The Kier molecular flexibility index (Phi) is 4.42. The van der Waals surface area contributed by atoms with Crippen LogP contribution in [0, 0.1) is 11.3 Å².